The third kappa shape index (κ3) is 4.31. The SMILES string of the molecule is Nc1ncc(-c2ccc(C3CCOCC3)c([C@@H]3CCCN3)c2)cc1-c1ccnc(Cl)c1. The lowest BCUT2D eigenvalue weighted by Crippen LogP contribution is -2.19. The molecule has 5 nitrogen and oxygen atoms in total. The molecule has 3 N–H and O–H groups in total. The van der Waals surface area contributed by atoms with Crippen molar-refractivity contribution in [1.82, 2.24) is 15.3 Å². The summed E-state index contributed by atoms with van der Waals surface area (Å²) in [6, 6.07) is 13.1. The van der Waals surface area contributed by atoms with E-state index in [9.17, 15) is 0 Å². The maximum Gasteiger partial charge on any atom is 0.131 e. The molecular formula is C25H27ClN4O. The Hall–Kier alpha value is -2.47. The number of nitrogens with zero attached hydrogens (tertiary/aromatic N) is 2. The molecule has 2 aliphatic heterocycles. The highest BCUT2D eigenvalue weighted by atomic mass is 35.5. The lowest BCUT2D eigenvalue weighted by molar-refractivity contribution is 0.0851. The van der Waals surface area contributed by atoms with Gasteiger partial charge in [0, 0.05) is 42.8 Å². The van der Waals surface area contributed by atoms with Crippen molar-refractivity contribution >= 4 is 17.4 Å². The Morgan fingerprint density at radius 3 is 2.58 bits per heavy atom. The van der Waals surface area contributed by atoms with Crippen molar-refractivity contribution in [1.29, 1.82) is 0 Å². The molecule has 31 heavy (non-hydrogen) atoms. The third-order valence-electron chi connectivity index (χ3n) is 6.47. The molecule has 0 saturated carbocycles. The second-order valence-corrected chi connectivity index (χ2v) is 8.79. The standard InChI is InChI=1S/C25H27ClN4O/c26-24-14-18(5-9-29-24)21-13-19(15-30-25(21)27)17-3-4-20(16-6-10-31-11-7-16)22(12-17)23-2-1-8-28-23/h3-5,9,12-16,23,28H,1-2,6-8,10-11H2,(H2,27,30)/t23-/m0/s1. The van der Waals surface area contributed by atoms with Gasteiger partial charge in [0.25, 0.3) is 0 Å². The third-order valence-corrected chi connectivity index (χ3v) is 6.68. The average Bonchev–Trinajstić information content (AvgIpc) is 3.35. The number of nitrogens with one attached hydrogen (secondary N) is 1. The number of nitrogens with two attached hydrogens (primary N) is 1. The predicted octanol–water partition coefficient (Wildman–Crippen LogP) is 5.36. The van der Waals surface area contributed by atoms with E-state index in [-0.39, 0.29) is 0 Å². The molecular weight excluding hydrogens is 408 g/mol. The Labute approximate surface area is 188 Å². The second-order valence-electron chi connectivity index (χ2n) is 8.40. The smallest absolute Gasteiger partial charge is 0.131 e. The molecule has 5 rings (SSSR count). The molecule has 160 valence electrons. The van der Waals surface area contributed by atoms with Crippen LogP contribution in [-0.2, 0) is 4.74 Å². The van der Waals surface area contributed by atoms with E-state index in [1.807, 2.05) is 18.3 Å². The monoisotopic (exact) mass is 434 g/mol. The van der Waals surface area contributed by atoms with E-state index in [0.717, 1.165) is 54.9 Å². The summed E-state index contributed by atoms with van der Waals surface area (Å²) < 4.78 is 5.60. The fraction of sp³-hybridized carbons (Fsp3) is 0.360. The normalized spacial score (nSPS) is 19.6. The minimum absolute atomic E-state index is 0.415. The fourth-order valence-corrected chi connectivity index (χ4v) is 4.99. The Bertz CT molecular complexity index is 1070. The van der Waals surface area contributed by atoms with Gasteiger partial charge in [-0.3, -0.25) is 0 Å². The van der Waals surface area contributed by atoms with Crippen molar-refractivity contribution in [3.8, 4) is 22.3 Å². The van der Waals surface area contributed by atoms with Gasteiger partial charge in [-0.25, -0.2) is 9.97 Å². The minimum atomic E-state index is 0.415. The summed E-state index contributed by atoms with van der Waals surface area (Å²) in [5, 5.41) is 4.14. The molecule has 6 heteroatoms. The molecule has 0 radical (unpaired) electrons. The highest BCUT2D eigenvalue weighted by Gasteiger charge is 2.25. The van der Waals surface area contributed by atoms with Gasteiger partial charge in [-0.1, -0.05) is 23.7 Å². The zero-order valence-corrected chi connectivity index (χ0v) is 18.2. The fourth-order valence-electron chi connectivity index (χ4n) is 4.82. The number of aromatic nitrogens is 2. The van der Waals surface area contributed by atoms with Crippen LogP contribution in [-0.4, -0.2) is 29.7 Å². The summed E-state index contributed by atoms with van der Waals surface area (Å²) >= 11 is 6.10. The summed E-state index contributed by atoms with van der Waals surface area (Å²) in [6.45, 7) is 2.78. The first-order valence-electron chi connectivity index (χ1n) is 11.0. The van der Waals surface area contributed by atoms with E-state index >= 15 is 0 Å². The van der Waals surface area contributed by atoms with Gasteiger partial charge >= 0.3 is 0 Å². The van der Waals surface area contributed by atoms with E-state index in [4.69, 9.17) is 22.1 Å². The second kappa shape index (κ2) is 8.95. The molecule has 2 aromatic heterocycles. The van der Waals surface area contributed by atoms with Crippen LogP contribution in [0.2, 0.25) is 5.15 Å². The number of anilines is 1. The number of benzene rings is 1. The highest BCUT2D eigenvalue weighted by molar-refractivity contribution is 6.29. The number of rotatable bonds is 4. The van der Waals surface area contributed by atoms with Crippen LogP contribution in [0.4, 0.5) is 5.82 Å². The van der Waals surface area contributed by atoms with Crippen LogP contribution >= 0.6 is 11.6 Å². The van der Waals surface area contributed by atoms with Crippen LogP contribution in [0.15, 0.2) is 48.8 Å². The summed E-state index contributed by atoms with van der Waals surface area (Å²) in [7, 11) is 0. The van der Waals surface area contributed by atoms with Gasteiger partial charge in [-0.05, 0) is 84.7 Å². The van der Waals surface area contributed by atoms with E-state index in [1.165, 1.54) is 24.0 Å². The molecule has 1 aromatic carbocycles. The Balaban J connectivity index is 1.56. The quantitative estimate of drug-likeness (QED) is 0.540. The maximum atomic E-state index is 6.20. The predicted molar refractivity (Wildman–Crippen MR) is 125 cm³/mol. The molecule has 0 unspecified atom stereocenters. The van der Waals surface area contributed by atoms with Crippen LogP contribution in [0.3, 0.4) is 0 Å². The number of pyridine rings is 2. The topological polar surface area (TPSA) is 73.1 Å². The van der Waals surface area contributed by atoms with Gasteiger partial charge in [0.05, 0.1) is 0 Å². The molecule has 2 aliphatic rings. The highest BCUT2D eigenvalue weighted by Crippen LogP contribution is 2.38. The lowest BCUT2D eigenvalue weighted by atomic mass is 9.84. The summed E-state index contributed by atoms with van der Waals surface area (Å²) in [6.07, 6.45) is 8.14. The van der Waals surface area contributed by atoms with E-state index in [2.05, 4.69) is 39.6 Å². The molecule has 1 atom stereocenters. The molecule has 0 amide bonds. The van der Waals surface area contributed by atoms with Crippen molar-refractivity contribution in [3.05, 3.63) is 65.1 Å². The molecule has 3 aromatic rings. The number of nitrogen functional groups attached to an aromatic ring is 1. The maximum absolute atomic E-state index is 6.20. The van der Waals surface area contributed by atoms with Crippen molar-refractivity contribution < 1.29 is 4.74 Å². The van der Waals surface area contributed by atoms with Crippen molar-refractivity contribution in [2.24, 2.45) is 0 Å². The largest absolute Gasteiger partial charge is 0.383 e. The van der Waals surface area contributed by atoms with Crippen LogP contribution < -0.4 is 11.1 Å². The Kier molecular flexibility index (Phi) is 5.90. The van der Waals surface area contributed by atoms with Gasteiger partial charge in [0.15, 0.2) is 0 Å². The lowest BCUT2D eigenvalue weighted by Gasteiger charge is -2.27. The van der Waals surface area contributed by atoms with Gasteiger partial charge in [-0.2, -0.15) is 0 Å². The van der Waals surface area contributed by atoms with E-state index in [1.54, 1.807) is 6.20 Å². The van der Waals surface area contributed by atoms with Crippen LogP contribution in [0.1, 0.15) is 48.8 Å². The Morgan fingerprint density at radius 2 is 1.81 bits per heavy atom. The van der Waals surface area contributed by atoms with Crippen LogP contribution in [0.5, 0.6) is 0 Å². The summed E-state index contributed by atoms with van der Waals surface area (Å²) in [4.78, 5) is 8.56. The number of hydrogen-bond donors (Lipinski definition) is 2. The summed E-state index contributed by atoms with van der Waals surface area (Å²) in [5.74, 6) is 1.06. The molecule has 2 fully saturated rings. The number of halogens is 1. The van der Waals surface area contributed by atoms with Gasteiger partial charge in [0.2, 0.25) is 0 Å². The van der Waals surface area contributed by atoms with Crippen molar-refractivity contribution in [2.45, 2.75) is 37.6 Å². The summed E-state index contributed by atoms with van der Waals surface area (Å²) in [5.41, 5.74) is 13.1. The first-order valence-corrected chi connectivity index (χ1v) is 11.4. The van der Waals surface area contributed by atoms with E-state index < -0.39 is 0 Å². The zero-order chi connectivity index (χ0) is 21.2. The van der Waals surface area contributed by atoms with E-state index in [0.29, 0.717) is 22.9 Å². The van der Waals surface area contributed by atoms with Crippen LogP contribution in [0.25, 0.3) is 22.3 Å². The van der Waals surface area contributed by atoms with Gasteiger partial charge in [0.1, 0.15) is 11.0 Å². The van der Waals surface area contributed by atoms with Crippen molar-refractivity contribution in [2.75, 3.05) is 25.5 Å². The minimum Gasteiger partial charge on any atom is -0.383 e. The van der Waals surface area contributed by atoms with Crippen molar-refractivity contribution in [3.63, 3.8) is 0 Å². The number of hydrogen-bond acceptors (Lipinski definition) is 5. The van der Waals surface area contributed by atoms with Gasteiger partial charge in [-0.15, -0.1) is 0 Å². The molecule has 0 aliphatic carbocycles. The molecule has 2 saturated heterocycles. The number of ether oxygens (including phenoxy) is 1. The van der Waals surface area contributed by atoms with Gasteiger partial charge < -0.3 is 15.8 Å². The first kappa shape index (κ1) is 20.4. The average molecular weight is 435 g/mol. The molecule has 4 heterocycles. The van der Waals surface area contributed by atoms with Crippen LogP contribution in [0, 0.1) is 0 Å². The Morgan fingerprint density at radius 1 is 0.935 bits per heavy atom. The molecule has 0 bridgehead atoms. The first-order chi connectivity index (χ1) is 15.2. The molecule has 0 spiro atoms. The zero-order valence-electron chi connectivity index (χ0n) is 17.5.